The second kappa shape index (κ2) is 18.1. The van der Waals surface area contributed by atoms with Crippen molar-refractivity contribution in [3.05, 3.63) is 10.4 Å². The summed E-state index contributed by atoms with van der Waals surface area (Å²) >= 11 is 1.87. The lowest BCUT2D eigenvalue weighted by Crippen LogP contribution is -2.37. The lowest BCUT2D eigenvalue weighted by Gasteiger charge is -2.23. The Hall–Kier alpha value is -2.25. The fourth-order valence-electron chi connectivity index (χ4n) is 3.86. The third kappa shape index (κ3) is 11.8. The number of azide groups is 1. The van der Waals surface area contributed by atoms with Crippen molar-refractivity contribution in [3.8, 4) is 0 Å². The summed E-state index contributed by atoms with van der Waals surface area (Å²) in [6, 6.07) is 0.307. The van der Waals surface area contributed by atoms with Crippen molar-refractivity contribution in [2.24, 2.45) is 5.11 Å². The van der Waals surface area contributed by atoms with Gasteiger partial charge in [0.2, 0.25) is 5.91 Å². The van der Waals surface area contributed by atoms with Gasteiger partial charge in [-0.05, 0) is 18.4 Å². The molecule has 3 atom stereocenters. The van der Waals surface area contributed by atoms with E-state index in [2.05, 4.69) is 25.4 Å². The fourth-order valence-corrected chi connectivity index (χ4v) is 5.41. The molecule has 2 aliphatic rings. The van der Waals surface area contributed by atoms with Crippen molar-refractivity contribution in [1.29, 1.82) is 0 Å². The van der Waals surface area contributed by atoms with Crippen molar-refractivity contribution >= 4 is 30.2 Å². The van der Waals surface area contributed by atoms with Crippen molar-refractivity contribution in [1.82, 2.24) is 15.5 Å². The number of carbonyl (C=O) groups is 3. The van der Waals surface area contributed by atoms with Crippen LogP contribution in [0.1, 0.15) is 25.7 Å². The van der Waals surface area contributed by atoms with E-state index in [-0.39, 0.29) is 43.8 Å². The molecule has 2 saturated heterocycles. The third-order valence-electron chi connectivity index (χ3n) is 5.62. The Morgan fingerprint density at radius 2 is 1.80 bits per heavy atom. The van der Waals surface area contributed by atoms with Gasteiger partial charge in [-0.1, -0.05) is 11.5 Å². The van der Waals surface area contributed by atoms with Crippen LogP contribution in [0.15, 0.2) is 5.11 Å². The molecule has 2 aliphatic heterocycles. The summed E-state index contributed by atoms with van der Waals surface area (Å²) in [6.45, 7) is 3.77. The number of hydrogen-bond donors (Lipinski definition) is 2. The van der Waals surface area contributed by atoms with Crippen LogP contribution in [0.5, 0.6) is 0 Å². The summed E-state index contributed by atoms with van der Waals surface area (Å²) in [5.41, 5.74) is 8.21. The van der Waals surface area contributed by atoms with Gasteiger partial charge in [0.1, 0.15) is 6.61 Å². The fraction of sp³-hybridized carbons (Fsp3) is 0.857. The first-order chi connectivity index (χ1) is 17.2. The molecule has 35 heavy (non-hydrogen) atoms. The minimum absolute atomic E-state index is 0.0414. The first-order valence-electron chi connectivity index (χ1n) is 11.9. The molecule has 13 nitrogen and oxygen atoms in total. The predicted molar refractivity (Wildman–Crippen MR) is 129 cm³/mol. The van der Waals surface area contributed by atoms with Crippen LogP contribution in [-0.2, 0) is 28.5 Å². The second-order valence-corrected chi connectivity index (χ2v) is 9.28. The Labute approximate surface area is 209 Å². The van der Waals surface area contributed by atoms with E-state index in [1.165, 1.54) is 0 Å². The number of nitrogens with zero attached hydrogens (tertiary/aromatic N) is 4. The molecular formula is C21H36N6O7S. The van der Waals surface area contributed by atoms with Crippen LogP contribution in [0.2, 0.25) is 0 Å². The number of nitrogens with one attached hydrogen (secondary N) is 2. The molecule has 3 amide bonds. The summed E-state index contributed by atoms with van der Waals surface area (Å²) < 4.78 is 20.9. The average Bonchev–Trinajstić information content (AvgIpc) is 3.40. The maximum absolute atomic E-state index is 12.8. The van der Waals surface area contributed by atoms with Gasteiger partial charge in [-0.25, -0.2) is 4.79 Å². The largest absolute Gasteiger partial charge is 0.465 e. The zero-order valence-electron chi connectivity index (χ0n) is 20.0. The van der Waals surface area contributed by atoms with E-state index in [0.717, 1.165) is 25.0 Å². The van der Waals surface area contributed by atoms with Gasteiger partial charge in [-0.3, -0.25) is 9.59 Å². The van der Waals surface area contributed by atoms with E-state index in [1.807, 2.05) is 11.8 Å². The molecule has 0 radical (unpaired) electrons. The molecule has 0 aromatic heterocycles. The SMILES string of the molecule is [N-]=[N+]=NCCOCCOCCN(CCOCCOC=O)C(=O)CCCC[C@@H]1SC[C@@H]2NC(=O)N[C@@H]21. The normalized spacial score (nSPS) is 20.5. The Balaban J connectivity index is 1.63. The number of carbonyl (C=O) groups excluding carboxylic acids is 3. The summed E-state index contributed by atoms with van der Waals surface area (Å²) in [7, 11) is 0. The lowest BCUT2D eigenvalue weighted by molar-refractivity contribution is -0.133. The molecule has 2 fully saturated rings. The van der Waals surface area contributed by atoms with Crippen LogP contribution in [0.3, 0.4) is 0 Å². The van der Waals surface area contributed by atoms with Crippen LogP contribution in [-0.4, -0.2) is 112 Å². The lowest BCUT2D eigenvalue weighted by atomic mass is 10.0. The molecule has 0 aromatic carbocycles. The highest BCUT2D eigenvalue weighted by Gasteiger charge is 2.42. The molecule has 0 aliphatic carbocycles. The molecule has 198 valence electrons. The van der Waals surface area contributed by atoms with E-state index >= 15 is 0 Å². The Kier molecular flexibility index (Phi) is 15.0. The highest BCUT2D eigenvalue weighted by Crippen LogP contribution is 2.33. The Morgan fingerprint density at radius 3 is 2.51 bits per heavy atom. The first kappa shape index (κ1) is 29.0. The van der Waals surface area contributed by atoms with Crippen molar-refractivity contribution in [2.75, 3.05) is 71.6 Å². The average molecular weight is 517 g/mol. The van der Waals surface area contributed by atoms with E-state index in [1.54, 1.807) is 4.90 Å². The first-order valence-corrected chi connectivity index (χ1v) is 13.0. The van der Waals surface area contributed by atoms with Gasteiger partial charge in [0.05, 0.1) is 51.7 Å². The van der Waals surface area contributed by atoms with Crippen LogP contribution < -0.4 is 10.6 Å². The van der Waals surface area contributed by atoms with Gasteiger partial charge in [-0.2, -0.15) is 11.8 Å². The van der Waals surface area contributed by atoms with Crippen molar-refractivity contribution in [2.45, 2.75) is 43.0 Å². The molecule has 2 N–H and O–H groups in total. The molecule has 0 unspecified atom stereocenters. The van der Waals surface area contributed by atoms with Gasteiger partial charge >= 0.3 is 6.03 Å². The summed E-state index contributed by atoms with van der Waals surface area (Å²) in [5, 5.41) is 9.71. The molecule has 0 bridgehead atoms. The minimum Gasteiger partial charge on any atom is -0.465 e. The Bertz CT molecular complexity index is 697. The number of ether oxygens (including phenoxy) is 4. The number of fused-ring (bicyclic) bond motifs is 1. The van der Waals surface area contributed by atoms with E-state index in [0.29, 0.717) is 64.3 Å². The molecule has 0 aromatic rings. The van der Waals surface area contributed by atoms with Crippen molar-refractivity contribution in [3.63, 3.8) is 0 Å². The highest BCUT2D eigenvalue weighted by molar-refractivity contribution is 8.00. The smallest absolute Gasteiger partial charge is 0.315 e. The standard InChI is InChI=1S/C21H36N6O7S/c22-26-23-5-8-31-11-12-32-9-6-27(7-10-33-13-14-34-16-28)19(29)4-2-1-3-18-20-17(15-35-18)24-21(30)25-20/h16-18,20H,1-15H2,(H2,24,25,30)/t17-,18-,20-/m0/s1. The van der Waals surface area contributed by atoms with Gasteiger partial charge in [0.25, 0.3) is 6.47 Å². The van der Waals surface area contributed by atoms with Crippen LogP contribution in [0.25, 0.3) is 10.4 Å². The van der Waals surface area contributed by atoms with Crippen LogP contribution in [0, 0.1) is 0 Å². The van der Waals surface area contributed by atoms with E-state index < -0.39 is 0 Å². The maximum Gasteiger partial charge on any atom is 0.315 e. The Morgan fingerprint density at radius 1 is 1.09 bits per heavy atom. The van der Waals surface area contributed by atoms with Crippen molar-refractivity contribution < 1.29 is 33.3 Å². The van der Waals surface area contributed by atoms with Crippen LogP contribution >= 0.6 is 11.8 Å². The molecular weight excluding hydrogens is 480 g/mol. The zero-order valence-corrected chi connectivity index (χ0v) is 20.8. The summed E-state index contributed by atoms with van der Waals surface area (Å²) in [6.07, 6.45) is 3.09. The number of unbranched alkanes of at least 4 members (excludes halogenated alkanes) is 1. The third-order valence-corrected chi connectivity index (χ3v) is 7.12. The topological polar surface area (TPSA) is 164 Å². The van der Waals surface area contributed by atoms with Crippen LogP contribution in [0.4, 0.5) is 4.79 Å². The minimum atomic E-state index is -0.0852. The molecule has 0 spiro atoms. The van der Waals surface area contributed by atoms with Gasteiger partial charge in [0, 0.05) is 42.0 Å². The van der Waals surface area contributed by atoms with Gasteiger partial charge < -0.3 is 34.5 Å². The number of amides is 3. The van der Waals surface area contributed by atoms with Gasteiger partial charge in [-0.15, -0.1) is 0 Å². The number of urea groups is 1. The van der Waals surface area contributed by atoms with E-state index in [4.69, 9.17) is 19.7 Å². The molecule has 14 heteroatoms. The second-order valence-electron chi connectivity index (χ2n) is 8.01. The highest BCUT2D eigenvalue weighted by atomic mass is 32.2. The number of hydrogen-bond acceptors (Lipinski definition) is 9. The monoisotopic (exact) mass is 516 g/mol. The molecule has 0 saturated carbocycles. The van der Waals surface area contributed by atoms with Gasteiger partial charge in [0.15, 0.2) is 0 Å². The number of thioether (sulfide) groups is 1. The predicted octanol–water partition coefficient (Wildman–Crippen LogP) is 1.07. The summed E-state index contributed by atoms with van der Waals surface area (Å²) in [4.78, 5) is 38.9. The van der Waals surface area contributed by atoms with E-state index in [9.17, 15) is 14.4 Å². The number of rotatable bonds is 21. The maximum atomic E-state index is 12.8. The molecule has 2 rings (SSSR count). The molecule has 2 heterocycles. The quantitative estimate of drug-likeness (QED) is 0.0571. The summed E-state index contributed by atoms with van der Waals surface area (Å²) in [5.74, 6) is 0.970. The zero-order chi connectivity index (χ0) is 25.1.